The first-order chi connectivity index (χ1) is 5.86. The van der Waals surface area contributed by atoms with E-state index in [1.165, 1.54) is 0 Å². The van der Waals surface area contributed by atoms with Crippen molar-refractivity contribution in [3.8, 4) is 0 Å². The summed E-state index contributed by atoms with van der Waals surface area (Å²) in [6, 6.07) is 0. The second kappa shape index (κ2) is 5.50. The van der Waals surface area contributed by atoms with Crippen molar-refractivity contribution in [1.29, 1.82) is 0 Å². The van der Waals surface area contributed by atoms with Crippen LogP contribution >= 0.6 is 23.1 Å². The summed E-state index contributed by atoms with van der Waals surface area (Å²) >= 11 is 3.35. The van der Waals surface area contributed by atoms with E-state index in [0.717, 1.165) is 28.7 Å². The van der Waals surface area contributed by atoms with Gasteiger partial charge in [-0.15, -0.1) is 10.2 Å². The molecule has 0 saturated carbocycles. The summed E-state index contributed by atoms with van der Waals surface area (Å²) < 4.78 is 1.06. The Morgan fingerprint density at radius 2 is 2.33 bits per heavy atom. The number of rotatable bonds is 5. The van der Waals surface area contributed by atoms with E-state index in [-0.39, 0.29) is 0 Å². The van der Waals surface area contributed by atoms with Crippen molar-refractivity contribution in [2.45, 2.75) is 17.2 Å². The van der Waals surface area contributed by atoms with Gasteiger partial charge in [-0.25, -0.2) is 0 Å². The maximum atomic E-state index is 4.08. The molecule has 0 radical (unpaired) electrons. The Morgan fingerprint density at radius 3 is 2.92 bits per heavy atom. The minimum Gasteiger partial charge on any atom is -0.320 e. The van der Waals surface area contributed by atoms with Gasteiger partial charge in [0, 0.05) is 6.42 Å². The SMILES string of the molecule is CNCCCc1nnc(SC)s1. The highest BCUT2D eigenvalue weighted by atomic mass is 32.2. The zero-order valence-corrected chi connectivity index (χ0v) is 8.97. The van der Waals surface area contributed by atoms with Gasteiger partial charge in [-0.2, -0.15) is 0 Å². The molecule has 0 saturated heterocycles. The van der Waals surface area contributed by atoms with E-state index in [9.17, 15) is 0 Å². The molecule has 3 nitrogen and oxygen atoms in total. The van der Waals surface area contributed by atoms with E-state index < -0.39 is 0 Å². The number of thioether (sulfide) groups is 1. The van der Waals surface area contributed by atoms with Crippen molar-refractivity contribution in [2.24, 2.45) is 0 Å². The third-order valence-corrected chi connectivity index (χ3v) is 3.40. The number of hydrogen-bond donors (Lipinski definition) is 1. The smallest absolute Gasteiger partial charge is 0.174 e. The molecule has 0 aliphatic rings. The summed E-state index contributed by atoms with van der Waals surface area (Å²) in [7, 11) is 1.97. The van der Waals surface area contributed by atoms with Gasteiger partial charge in [0.05, 0.1) is 0 Å². The van der Waals surface area contributed by atoms with Crippen LogP contribution in [0.5, 0.6) is 0 Å². The lowest BCUT2D eigenvalue weighted by Gasteiger charge is -1.93. The van der Waals surface area contributed by atoms with Crippen molar-refractivity contribution in [3.05, 3.63) is 5.01 Å². The molecule has 0 atom stereocenters. The molecule has 1 rings (SSSR count). The monoisotopic (exact) mass is 203 g/mol. The van der Waals surface area contributed by atoms with Crippen LogP contribution in [-0.2, 0) is 6.42 Å². The summed E-state index contributed by atoms with van der Waals surface area (Å²) in [6.07, 6.45) is 4.20. The van der Waals surface area contributed by atoms with Gasteiger partial charge in [0.15, 0.2) is 4.34 Å². The molecule has 0 aliphatic carbocycles. The quantitative estimate of drug-likeness (QED) is 0.580. The predicted molar refractivity (Wildman–Crippen MR) is 53.9 cm³/mol. The van der Waals surface area contributed by atoms with E-state index in [0.29, 0.717) is 0 Å². The van der Waals surface area contributed by atoms with Crippen LogP contribution in [0.1, 0.15) is 11.4 Å². The maximum Gasteiger partial charge on any atom is 0.174 e. The van der Waals surface area contributed by atoms with Gasteiger partial charge in [0.1, 0.15) is 5.01 Å². The van der Waals surface area contributed by atoms with E-state index in [1.807, 2.05) is 13.3 Å². The summed E-state index contributed by atoms with van der Waals surface area (Å²) in [4.78, 5) is 0. The van der Waals surface area contributed by atoms with Gasteiger partial charge in [0.2, 0.25) is 0 Å². The Labute approximate surface area is 81.0 Å². The lowest BCUT2D eigenvalue weighted by molar-refractivity contribution is 0.717. The van der Waals surface area contributed by atoms with Gasteiger partial charge < -0.3 is 5.32 Å². The lowest BCUT2D eigenvalue weighted by atomic mass is 10.3. The highest BCUT2D eigenvalue weighted by molar-refractivity contribution is 8.00. The number of nitrogens with zero attached hydrogens (tertiary/aromatic N) is 2. The lowest BCUT2D eigenvalue weighted by Crippen LogP contribution is -2.08. The van der Waals surface area contributed by atoms with Crippen LogP contribution in [0.25, 0.3) is 0 Å². The van der Waals surface area contributed by atoms with Crippen molar-refractivity contribution in [2.75, 3.05) is 19.8 Å². The fourth-order valence-electron chi connectivity index (χ4n) is 0.838. The molecule has 1 aromatic heterocycles. The third-order valence-electron chi connectivity index (χ3n) is 1.44. The van der Waals surface area contributed by atoms with Crippen LogP contribution in [0.15, 0.2) is 4.34 Å². The molecule has 1 heterocycles. The van der Waals surface area contributed by atoms with Crippen LogP contribution in [0.3, 0.4) is 0 Å². The first-order valence-corrected chi connectivity index (χ1v) is 5.92. The van der Waals surface area contributed by atoms with Crippen molar-refractivity contribution in [3.63, 3.8) is 0 Å². The number of aryl methyl sites for hydroxylation is 1. The number of nitrogens with one attached hydrogen (secondary N) is 1. The van der Waals surface area contributed by atoms with Crippen LogP contribution in [0, 0.1) is 0 Å². The molecule has 0 spiro atoms. The van der Waals surface area contributed by atoms with Gasteiger partial charge in [-0.1, -0.05) is 23.1 Å². The first-order valence-electron chi connectivity index (χ1n) is 3.87. The van der Waals surface area contributed by atoms with E-state index >= 15 is 0 Å². The predicted octanol–water partition coefficient (Wildman–Crippen LogP) is 1.41. The van der Waals surface area contributed by atoms with Crippen LogP contribution in [0.2, 0.25) is 0 Å². The minimum atomic E-state index is 1.04. The zero-order chi connectivity index (χ0) is 8.81. The number of hydrogen-bond acceptors (Lipinski definition) is 5. The van der Waals surface area contributed by atoms with Crippen LogP contribution < -0.4 is 5.32 Å². The molecule has 5 heteroatoms. The Kier molecular flexibility index (Phi) is 4.57. The Bertz CT molecular complexity index is 224. The molecule has 0 fully saturated rings. The average molecular weight is 203 g/mol. The van der Waals surface area contributed by atoms with Gasteiger partial charge >= 0.3 is 0 Å². The third kappa shape index (κ3) is 3.08. The molecule has 68 valence electrons. The summed E-state index contributed by atoms with van der Waals surface area (Å²) in [5.41, 5.74) is 0. The van der Waals surface area contributed by atoms with E-state index in [1.54, 1.807) is 23.1 Å². The highest BCUT2D eigenvalue weighted by Crippen LogP contribution is 2.19. The van der Waals surface area contributed by atoms with Gasteiger partial charge in [-0.05, 0) is 26.3 Å². The summed E-state index contributed by atoms with van der Waals surface area (Å²) in [6.45, 7) is 1.05. The second-order valence-corrected chi connectivity index (χ2v) is 4.49. The molecule has 0 aliphatic heterocycles. The van der Waals surface area contributed by atoms with Crippen LogP contribution in [-0.4, -0.2) is 30.0 Å². The van der Waals surface area contributed by atoms with Crippen LogP contribution in [0.4, 0.5) is 0 Å². The summed E-state index contributed by atoms with van der Waals surface area (Å²) in [5.74, 6) is 0. The van der Waals surface area contributed by atoms with Gasteiger partial charge in [-0.3, -0.25) is 0 Å². The highest BCUT2D eigenvalue weighted by Gasteiger charge is 2.01. The molecular formula is C7H13N3S2. The molecular weight excluding hydrogens is 190 g/mol. The Hall–Kier alpha value is -0.130. The largest absolute Gasteiger partial charge is 0.320 e. The number of aromatic nitrogens is 2. The Morgan fingerprint density at radius 1 is 1.50 bits per heavy atom. The fraction of sp³-hybridized carbons (Fsp3) is 0.714. The molecule has 1 aromatic rings. The van der Waals surface area contributed by atoms with Crippen molar-refractivity contribution in [1.82, 2.24) is 15.5 Å². The Balaban J connectivity index is 2.31. The first kappa shape index (κ1) is 9.95. The average Bonchev–Trinajstić information content (AvgIpc) is 2.53. The molecule has 0 amide bonds. The van der Waals surface area contributed by atoms with E-state index in [4.69, 9.17) is 0 Å². The van der Waals surface area contributed by atoms with Gasteiger partial charge in [0.25, 0.3) is 0 Å². The standard InChI is InChI=1S/C7H13N3S2/c1-8-5-3-4-6-9-10-7(11-2)12-6/h8H,3-5H2,1-2H3. The molecule has 12 heavy (non-hydrogen) atoms. The summed E-state index contributed by atoms with van der Waals surface area (Å²) in [5, 5.41) is 12.4. The minimum absolute atomic E-state index is 1.04. The topological polar surface area (TPSA) is 37.8 Å². The fourth-order valence-corrected chi connectivity index (χ4v) is 2.19. The molecule has 0 bridgehead atoms. The normalized spacial score (nSPS) is 10.5. The van der Waals surface area contributed by atoms with Crippen molar-refractivity contribution >= 4 is 23.1 Å². The van der Waals surface area contributed by atoms with Crippen molar-refractivity contribution < 1.29 is 0 Å². The second-order valence-electron chi connectivity index (χ2n) is 2.37. The van der Waals surface area contributed by atoms with E-state index in [2.05, 4.69) is 15.5 Å². The maximum absolute atomic E-state index is 4.08. The molecule has 0 aromatic carbocycles. The molecule has 1 N–H and O–H groups in total. The zero-order valence-electron chi connectivity index (χ0n) is 7.33. The molecule has 0 unspecified atom stereocenters.